The van der Waals surface area contributed by atoms with Crippen LogP contribution in [0.1, 0.15) is 5.69 Å². The number of fused-ring (bicyclic) bond motifs is 1. The maximum absolute atomic E-state index is 5.85. The smallest absolute Gasteiger partial charge is 0.175 e. The number of imidazole rings is 1. The largest absolute Gasteiger partial charge is 0.302 e. The van der Waals surface area contributed by atoms with Gasteiger partial charge in [-0.15, -0.1) is 0 Å². The molecule has 3 nitrogen and oxygen atoms in total. The molecule has 0 bridgehead atoms. The van der Waals surface area contributed by atoms with Crippen LogP contribution in [0.2, 0.25) is 5.15 Å². The van der Waals surface area contributed by atoms with Gasteiger partial charge in [-0.05, 0) is 22.9 Å². The van der Waals surface area contributed by atoms with E-state index in [2.05, 4.69) is 25.9 Å². The summed E-state index contributed by atoms with van der Waals surface area (Å²) >= 11 is 9.10. The van der Waals surface area contributed by atoms with Crippen molar-refractivity contribution in [1.29, 1.82) is 0 Å². The lowest BCUT2D eigenvalue weighted by Gasteiger charge is -1.95. The average molecular weight is 246 g/mol. The summed E-state index contributed by atoms with van der Waals surface area (Å²) in [7, 11) is 0. The molecule has 0 aliphatic rings. The standard InChI is InChI=1S/C7H5BrClN3/c1-4-2-12-3-5(8)11-6(9)7(12)10-4/h2-3H,1H3. The second kappa shape index (κ2) is 2.71. The molecule has 62 valence electrons. The van der Waals surface area contributed by atoms with Crippen LogP contribution in [0.4, 0.5) is 0 Å². The number of aryl methyl sites for hydroxylation is 1. The lowest BCUT2D eigenvalue weighted by Crippen LogP contribution is -1.87. The normalized spacial score (nSPS) is 10.9. The Labute approximate surface area is 82.5 Å². The second-order valence-electron chi connectivity index (χ2n) is 2.47. The van der Waals surface area contributed by atoms with Gasteiger partial charge in [0, 0.05) is 12.4 Å². The zero-order valence-electron chi connectivity index (χ0n) is 6.25. The molecule has 0 amide bonds. The lowest BCUT2D eigenvalue weighted by molar-refractivity contribution is 1.10. The summed E-state index contributed by atoms with van der Waals surface area (Å²) in [5.41, 5.74) is 1.62. The highest BCUT2D eigenvalue weighted by atomic mass is 79.9. The van der Waals surface area contributed by atoms with Crippen LogP contribution in [0.25, 0.3) is 5.65 Å². The van der Waals surface area contributed by atoms with E-state index in [9.17, 15) is 0 Å². The third kappa shape index (κ3) is 1.21. The summed E-state index contributed by atoms with van der Waals surface area (Å²) < 4.78 is 2.55. The van der Waals surface area contributed by atoms with Crippen LogP contribution < -0.4 is 0 Å². The van der Waals surface area contributed by atoms with Gasteiger partial charge in [-0.25, -0.2) is 9.97 Å². The van der Waals surface area contributed by atoms with E-state index < -0.39 is 0 Å². The van der Waals surface area contributed by atoms with Gasteiger partial charge >= 0.3 is 0 Å². The SMILES string of the molecule is Cc1cn2cc(Br)nc(Cl)c2n1. The maximum Gasteiger partial charge on any atom is 0.175 e. The van der Waals surface area contributed by atoms with Crippen LogP contribution in [-0.2, 0) is 0 Å². The molecule has 0 fully saturated rings. The number of hydrogen-bond acceptors (Lipinski definition) is 2. The Morgan fingerprint density at radius 1 is 1.42 bits per heavy atom. The molecule has 0 unspecified atom stereocenters. The second-order valence-corrected chi connectivity index (χ2v) is 3.64. The van der Waals surface area contributed by atoms with Crippen molar-refractivity contribution < 1.29 is 0 Å². The first kappa shape index (κ1) is 8.01. The van der Waals surface area contributed by atoms with Gasteiger partial charge in [0.2, 0.25) is 0 Å². The van der Waals surface area contributed by atoms with Gasteiger partial charge in [-0.1, -0.05) is 11.6 Å². The van der Waals surface area contributed by atoms with Gasteiger partial charge in [-0.2, -0.15) is 0 Å². The van der Waals surface area contributed by atoms with Crippen LogP contribution in [0.3, 0.4) is 0 Å². The van der Waals surface area contributed by atoms with Crippen molar-refractivity contribution in [2.24, 2.45) is 0 Å². The summed E-state index contributed by atoms with van der Waals surface area (Å²) in [4.78, 5) is 8.22. The Balaban J connectivity index is 2.88. The number of hydrogen-bond donors (Lipinski definition) is 0. The molecule has 0 aliphatic carbocycles. The molecule has 0 saturated carbocycles. The van der Waals surface area contributed by atoms with Crippen LogP contribution >= 0.6 is 27.5 Å². The van der Waals surface area contributed by atoms with Gasteiger partial charge in [0.05, 0.1) is 5.69 Å². The van der Waals surface area contributed by atoms with Crippen molar-refractivity contribution in [3.05, 3.63) is 27.8 Å². The molecule has 12 heavy (non-hydrogen) atoms. The minimum Gasteiger partial charge on any atom is -0.302 e. The van der Waals surface area contributed by atoms with E-state index >= 15 is 0 Å². The molecule has 0 aliphatic heterocycles. The Kier molecular flexibility index (Phi) is 1.81. The molecule has 0 N–H and O–H groups in total. The average Bonchev–Trinajstić information content (AvgIpc) is 2.29. The highest BCUT2D eigenvalue weighted by Gasteiger charge is 2.04. The van der Waals surface area contributed by atoms with Crippen molar-refractivity contribution in [2.75, 3.05) is 0 Å². The van der Waals surface area contributed by atoms with E-state index in [0.29, 0.717) is 15.4 Å². The van der Waals surface area contributed by atoms with Crippen molar-refractivity contribution in [1.82, 2.24) is 14.4 Å². The molecule has 2 aromatic rings. The third-order valence-corrected chi connectivity index (χ3v) is 2.12. The molecule has 2 rings (SSSR count). The molecule has 2 aromatic heterocycles. The summed E-state index contributed by atoms with van der Waals surface area (Å²) in [6.07, 6.45) is 3.72. The molecule has 0 aromatic carbocycles. The number of rotatable bonds is 0. The number of aromatic nitrogens is 3. The zero-order valence-corrected chi connectivity index (χ0v) is 8.59. The Morgan fingerprint density at radius 3 is 2.92 bits per heavy atom. The number of halogens is 2. The zero-order chi connectivity index (χ0) is 8.72. The van der Waals surface area contributed by atoms with Gasteiger partial charge in [0.15, 0.2) is 10.8 Å². The topological polar surface area (TPSA) is 30.2 Å². The molecule has 5 heteroatoms. The molecule has 0 spiro atoms. The summed E-state index contributed by atoms with van der Waals surface area (Å²) in [5, 5.41) is 0.414. The molecular formula is C7H5BrClN3. The van der Waals surface area contributed by atoms with E-state index in [-0.39, 0.29) is 0 Å². The van der Waals surface area contributed by atoms with E-state index in [1.54, 1.807) is 0 Å². The lowest BCUT2D eigenvalue weighted by atomic mass is 10.6. The first-order valence-corrected chi connectivity index (χ1v) is 4.51. The van der Waals surface area contributed by atoms with Crippen molar-refractivity contribution in [2.45, 2.75) is 6.92 Å². The quantitative estimate of drug-likeness (QED) is 0.715. The van der Waals surface area contributed by atoms with Crippen LogP contribution in [-0.4, -0.2) is 14.4 Å². The van der Waals surface area contributed by atoms with Crippen molar-refractivity contribution in [3.8, 4) is 0 Å². The van der Waals surface area contributed by atoms with Crippen molar-refractivity contribution >= 4 is 33.2 Å². The number of nitrogens with zero attached hydrogens (tertiary/aromatic N) is 3. The van der Waals surface area contributed by atoms with E-state index in [0.717, 1.165) is 5.69 Å². The first-order valence-electron chi connectivity index (χ1n) is 3.34. The monoisotopic (exact) mass is 245 g/mol. The van der Waals surface area contributed by atoms with Crippen molar-refractivity contribution in [3.63, 3.8) is 0 Å². The summed E-state index contributed by atoms with van der Waals surface area (Å²) in [5.74, 6) is 0. The molecule has 0 atom stereocenters. The highest BCUT2D eigenvalue weighted by Crippen LogP contribution is 2.17. The molecular weight excluding hydrogens is 241 g/mol. The summed E-state index contributed by atoms with van der Waals surface area (Å²) in [6.45, 7) is 1.91. The van der Waals surface area contributed by atoms with Gasteiger partial charge in [0.25, 0.3) is 0 Å². The predicted octanol–water partition coefficient (Wildman–Crippen LogP) is 2.45. The Bertz CT molecular complexity index is 437. The Morgan fingerprint density at radius 2 is 2.17 bits per heavy atom. The van der Waals surface area contributed by atoms with E-state index in [1.165, 1.54) is 0 Å². The molecule has 0 radical (unpaired) electrons. The maximum atomic E-state index is 5.85. The fraction of sp³-hybridized carbons (Fsp3) is 0.143. The van der Waals surface area contributed by atoms with Crippen LogP contribution in [0.5, 0.6) is 0 Å². The fourth-order valence-electron chi connectivity index (χ4n) is 1.05. The van der Waals surface area contributed by atoms with E-state index in [4.69, 9.17) is 11.6 Å². The summed E-state index contributed by atoms with van der Waals surface area (Å²) in [6, 6.07) is 0. The molecule has 0 saturated heterocycles. The minimum atomic E-state index is 0.414. The first-order chi connectivity index (χ1) is 5.66. The van der Waals surface area contributed by atoms with Crippen LogP contribution in [0, 0.1) is 6.92 Å². The fourth-order valence-corrected chi connectivity index (χ4v) is 1.79. The highest BCUT2D eigenvalue weighted by molar-refractivity contribution is 9.10. The van der Waals surface area contributed by atoms with E-state index in [1.807, 2.05) is 23.7 Å². The molecule has 2 heterocycles. The minimum absolute atomic E-state index is 0.414. The Hall–Kier alpha value is -0.610. The predicted molar refractivity (Wildman–Crippen MR) is 50.4 cm³/mol. The van der Waals surface area contributed by atoms with Gasteiger partial charge < -0.3 is 4.40 Å². The third-order valence-electron chi connectivity index (χ3n) is 1.49. The van der Waals surface area contributed by atoms with Gasteiger partial charge in [-0.3, -0.25) is 0 Å². The van der Waals surface area contributed by atoms with Gasteiger partial charge in [0.1, 0.15) is 4.60 Å². The van der Waals surface area contributed by atoms with Crippen LogP contribution in [0.15, 0.2) is 17.0 Å².